The van der Waals surface area contributed by atoms with E-state index >= 15 is 0 Å². The molecule has 1 aromatic rings. The summed E-state index contributed by atoms with van der Waals surface area (Å²) in [7, 11) is 0. The van der Waals surface area contributed by atoms with Gasteiger partial charge >= 0.3 is 0 Å². The van der Waals surface area contributed by atoms with Crippen molar-refractivity contribution in [1.29, 1.82) is 0 Å². The van der Waals surface area contributed by atoms with Crippen molar-refractivity contribution in [3.63, 3.8) is 0 Å². The molecule has 116 valence electrons. The molecule has 0 spiro atoms. The van der Waals surface area contributed by atoms with E-state index in [1.807, 2.05) is 32.0 Å². The maximum absolute atomic E-state index is 12.4. The Morgan fingerprint density at radius 3 is 2.76 bits per heavy atom. The Morgan fingerprint density at radius 2 is 2.14 bits per heavy atom. The van der Waals surface area contributed by atoms with Gasteiger partial charge in [-0.2, -0.15) is 0 Å². The Kier molecular flexibility index (Phi) is 5.73. The largest absolute Gasteiger partial charge is 0.378 e. The topological polar surface area (TPSA) is 67.6 Å². The van der Waals surface area contributed by atoms with Crippen molar-refractivity contribution in [2.45, 2.75) is 32.0 Å². The summed E-state index contributed by atoms with van der Waals surface area (Å²) in [6, 6.07) is 9.99. The molecular formula is C16H25N3O2. The van der Waals surface area contributed by atoms with Crippen LogP contribution in [0.25, 0.3) is 0 Å². The molecule has 2 atom stereocenters. The number of hydrogen-bond donors (Lipinski definition) is 2. The summed E-state index contributed by atoms with van der Waals surface area (Å²) >= 11 is 0. The van der Waals surface area contributed by atoms with Gasteiger partial charge in [0.2, 0.25) is 5.91 Å². The number of nitrogens with two attached hydrogens (primary N) is 1. The first-order valence-corrected chi connectivity index (χ1v) is 7.52. The van der Waals surface area contributed by atoms with Crippen LogP contribution in [-0.4, -0.2) is 49.2 Å². The molecule has 0 aliphatic carbocycles. The zero-order valence-corrected chi connectivity index (χ0v) is 12.8. The number of carbonyl (C=O) groups excluding carboxylic acids is 1. The number of carbonyl (C=O) groups is 1. The smallest absolute Gasteiger partial charge is 0.239 e. The van der Waals surface area contributed by atoms with Gasteiger partial charge in [0.05, 0.1) is 13.2 Å². The zero-order chi connectivity index (χ0) is 15.2. The first-order valence-electron chi connectivity index (χ1n) is 7.52. The molecule has 0 radical (unpaired) electrons. The van der Waals surface area contributed by atoms with Crippen molar-refractivity contribution in [3.05, 3.63) is 35.9 Å². The van der Waals surface area contributed by atoms with Gasteiger partial charge in [0.25, 0.3) is 0 Å². The highest BCUT2D eigenvalue weighted by atomic mass is 16.5. The zero-order valence-electron chi connectivity index (χ0n) is 12.8. The van der Waals surface area contributed by atoms with Crippen LogP contribution in [0.2, 0.25) is 0 Å². The molecular weight excluding hydrogens is 266 g/mol. The summed E-state index contributed by atoms with van der Waals surface area (Å²) in [5, 5.41) is 2.97. The first kappa shape index (κ1) is 15.9. The minimum absolute atomic E-state index is 0.0130. The second-order valence-corrected chi connectivity index (χ2v) is 5.65. The lowest BCUT2D eigenvalue weighted by atomic mass is 10.0. The molecule has 1 heterocycles. The van der Waals surface area contributed by atoms with Gasteiger partial charge in [-0.05, 0) is 19.4 Å². The van der Waals surface area contributed by atoms with E-state index in [1.165, 1.54) is 0 Å². The highest BCUT2D eigenvalue weighted by molar-refractivity contribution is 5.82. The van der Waals surface area contributed by atoms with E-state index in [0.717, 1.165) is 5.56 Å². The van der Waals surface area contributed by atoms with E-state index in [1.54, 1.807) is 0 Å². The van der Waals surface area contributed by atoms with Gasteiger partial charge in [-0.3, -0.25) is 9.69 Å². The highest BCUT2D eigenvalue weighted by Gasteiger charge is 2.34. The lowest BCUT2D eigenvalue weighted by Gasteiger charge is -2.40. The molecule has 1 fully saturated rings. The molecule has 5 heteroatoms. The number of amides is 1. The van der Waals surface area contributed by atoms with Crippen LogP contribution in [0, 0.1) is 0 Å². The maximum atomic E-state index is 12.4. The van der Waals surface area contributed by atoms with Crippen LogP contribution >= 0.6 is 0 Å². The van der Waals surface area contributed by atoms with Crippen molar-refractivity contribution in [2.24, 2.45) is 5.73 Å². The van der Waals surface area contributed by atoms with Crippen LogP contribution in [-0.2, 0) is 9.53 Å². The Bertz CT molecular complexity index is 450. The van der Waals surface area contributed by atoms with Crippen LogP contribution in [0.15, 0.2) is 30.3 Å². The standard InChI is InChI=1S/C16H25N3O2/c1-12(2)18-16(20)15-11-21-9-8-19(15)14(10-17)13-6-4-3-5-7-13/h3-7,12,14-15H,8-11,17H2,1-2H3,(H,18,20). The number of nitrogens with one attached hydrogen (secondary N) is 1. The van der Waals surface area contributed by atoms with Gasteiger partial charge < -0.3 is 15.8 Å². The molecule has 21 heavy (non-hydrogen) atoms. The molecule has 1 amide bonds. The fourth-order valence-corrected chi connectivity index (χ4v) is 2.73. The van der Waals surface area contributed by atoms with E-state index < -0.39 is 0 Å². The van der Waals surface area contributed by atoms with E-state index in [4.69, 9.17) is 10.5 Å². The SMILES string of the molecule is CC(C)NC(=O)C1COCCN1C(CN)c1ccccc1. The Labute approximate surface area is 126 Å². The molecule has 1 aliphatic heterocycles. The van der Waals surface area contributed by atoms with Gasteiger partial charge in [-0.25, -0.2) is 0 Å². The number of ether oxygens (including phenoxy) is 1. The number of rotatable bonds is 5. The van der Waals surface area contributed by atoms with Crippen LogP contribution in [0.4, 0.5) is 0 Å². The van der Waals surface area contributed by atoms with Gasteiger partial charge in [-0.1, -0.05) is 30.3 Å². The number of nitrogens with zero attached hydrogens (tertiary/aromatic N) is 1. The summed E-state index contributed by atoms with van der Waals surface area (Å²) in [6.07, 6.45) is 0. The molecule has 1 aliphatic rings. The predicted octanol–water partition coefficient (Wildman–Crippen LogP) is 0.912. The number of hydrogen-bond acceptors (Lipinski definition) is 4. The van der Waals surface area contributed by atoms with Crippen molar-refractivity contribution >= 4 is 5.91 Å². The predicted molar refractivity (Wildman–Crippen MR) is 82.8 cm³/mol. The van der Waals surface area contributed by atoms with Crippen molar-refractivity contribution < 1.29 is 9.53 Å². The minimum atomic E-state index is -0.282. The summed E-state index contributed by atoms with van der Waals surface area (Å²) in [4.78, 5) is 14.6. The second-order valence-electron chi connectivity index (χ2n) is 5.65. The number of benzene rings is 1. The average Bonchev–Trinajstić information content (AvgIpc) is 2.49. The van der Waals surface area contributed by atoms with Crippen molar-refractivity contribution in [3.8, 4) is 0 Å². The first-order chi connectivity index (χ1) is 10.1. The molecule has 0 bridgehead atoms. The molecule has 1 aromatic carbocycles. The van der Waals surface area contributed by atoms with Crippen molar-refractivity contribution in [1.82, 2.24) is 10.2 Å². The van der Waals surface area contributed by atoms with E-state index in [-0.39, 0.29) is 24.0 Å². The summed E-state index contributed by atoms with van der Waals surface area (Å²) < 4.78 is 5.50. The summed E-state index contributed by atoms with van der Waals surface area (Å²) in [5.74, 6) is 0.0130. The molecule has 5 nitrogen and oxygen atoms in total. The third kappa shape index (κ3) is 4.03. The average molecular weight is 291 g/mol. The number of morpholine rings is 1. The molecule has 1 saturated heterocycles. The fraction of sp³-hybridized carbons (Fsp3) is 0.562. The lowest BCUT2D eigenvalue weighted by molar-refractivity contribution is -0.135. The molecule has 0 aromatic heterocycles. The van der Waals surface area contributed by atoms with E-state index in [0.29, 0.717) is 26.3 Å². The molecule has 2 rings (SSSR count). The third-order valence-electron chi connectivity index (χ3n) is 3.71. The minimum Gasteiger partial charge on any atom is -0.378 e. The van der Waals surface area contributed by atoms with Crippen LogP contribution in [0.3, 0.4) is 0 Å². The van der Waals surface area contributed by atoms with Crippen LogP contribution in [0.5, 0.6) is 0 Å². The normalized spacial score (nSPS) is 21.2. The maximum Gasteiger partial charge on any atom is 0.239 e. The van der Waals surface area contributed by atoms with Gasteiger partial charge in [0, 0.05) is 25.2 Å². The molecule has 3 N–H and O–H groups in total. The Balaban J connectivity index is 2.18. The van der Waals surface area contributed by atoms with E-state index in [2.05, 4.69) is 22.3 Å². The van der Waals surface area contributed by atoms with Crippen LogP contribution < -0.4 is 11.1 Å². The second kappa shape index (κ2) is 7.54. The molecule has 0 saturated carbocycles. The van der Waals surface area contributed by atoms with E-state index in [9.17, 15) is 4.79 Å². The highest BCUT2D eigenvalue weighted by Crippen LogP contribution is 2.24. The van der Waals surface area contributed by atoms with Crippen molar-refractivity contribution in [2.75, 3.05) is 26.3 Å². The van der Waals surface area contributed by atoms with Gasteiger partial charge in [0.1, 0.15) is 6.04 Å². The Morgan fingerprint density at radius 1 is 1.43 bits per heavy atom. The quantitative estimate of drug-likeness (QED) is 0.846. The third-order valence-corrected chi connectivity index (χ3v) is 3.71. The monoisotopic (exact) mass is 291 g/mol. The summed E-state index contributed by atoms with van der Waals surface area (Å²) in [5.41, 5.74) is 7.13. The Hall–Kier alpha value is -1.43. The lowest BCUT2D eigenvalue weighted by Crippen LogP contribution is -2.56. The summed E-state index contributed by atoms with van der Waals surface area (Å²) in [6.45, 7) is 6.17. The van der Waals surface area contributed by atoms with Crippen LogP contribution in [0.1, 0.15) is 25.5 Å². The fourth-order valence-electron chi connectivity index (χ4n) is 2.73. The molecule has 2 unspecified atom stereocenters. The van der Waals surface area contributed by atoms with Gasteiger partial charge in [0.15, 0.2) is 0 Å². The van der Waals surface area contributed by atoms with Gasteiger partial charge in [-0.15, -0.1) is 0 Å².